The Morgan fingerprint density at radius 1 is 0.974 bits per heavy atom. The van der Waals surface area contributed by atoms with Crippen molar-refractivity contribution in [3.8, 4) is 0 Å². The van der Waals surface area contributed by atoms with Crippen LogP contribution in [0, 0.1) is 25.7 Å². The van der Waals surface area contributed by atoms with Crippen molar-refractivity contribution in [3.05, 3.63) is 53.6 Å². The highest BCUT2D eigenvalue weighted by Gasteiger charge is 2.74. The molecule has 4 aliphatic rings. The van der Waals surface area contributed by atoms with E-state index < -0.39 is 29.1 Å². The molecule has 5 rings (SSSR count). The monoisotopic (exact) mass is 521 g/mol. The number of carbonyl (C=O) groups is 3. The number of amides is 3. The van der Waals surface area contributed by atoms with Gasteiger partial charge in [-0.3, -0.25) is 14.4 Å². The molecule has 8 nitrogen and oxygen atoms in total. The zero-order valence-electron chi connectivity index (χ0n) is 22.9. The minimum atomic E-state index is -1.26. The van der Waals surface area contributed by atoms with Crippen molar-refractivity contribution in [2.24, 2.45) is 11.8 Å². The summed E-state index contributed by atoms with van der Waals surface area (Å²) < 4.78 is 6.86. The number of unbranched alkanes of at least 4 members (excludes halogenated alkanes) is 1. The van der Waals surface area contributed by atoms with Gasteiger partial charge in [0.05, 0.1) is 17.4 Å². The second-order valence-corrected chi connectivity index (χ2v) is 11.3. The summed E-state index contributed by atoms with van der Waals surface area (Å²) >= 11 is 0. The fourth-order valence-electron chi connectivity index (χ4n) is 6.90. The number of aryl methyl sites for hydroxylation is 2. The summed E-state index contributed by atoms with van der Waals surface area (Å²) in [5.41, 5.74) is 0.563. The number of aliphatic hydroxyl groups excluding tert-OH is 1. The quantitative estimate of drug-likeness (QED) is 0.440. The molecule has 1 aromatic carbocycles. The number of likely N-dealkylation sites (tertiary alicyclic amines) is 1. The van der Waals surface area contributed by atoms with Gasteiger partial charge in [-0.15, -0.1) is 0 Å². The first-order valence-electron chi connectivity index (χ1n) is 13.8. The van der Waals surface area contributed by atoms with E-state index in [2.05, 4.69) is 0 Å². The number of fused-ring (bicyclic) bond motifs is 2. The molecule has 0 bridgehead atoms. The minimum absolute atomic E-state index is 0.0101. The highest BCUT2D eigenvalue weighted by molar-refractivity contribution is 6.06. The smallest absolute Gasteiger partial charge is 0.253 e. The van der Waals surface area contributed by atoms with Crippen molar-refractivity contribution >= 4 is 23.4 Å². The molecule has 0 radical (unpaired) electrons. The largest absolute Gasteiger partial charge is 0.396 e. The molecule has 2 fully saturated rings. The van der Waals surface area contributed by atoms with Gasteiger partial charge in [0, 0.05) is 38.5 Å². The SMILES string of the molecule is CCCN1CC=C[C@@]2(C)O[C@]34C=CCN(c5cc(C)ccc5C)C(=O)C3N(CCCCO)C(=O)[C@@H]4[C@H]2C1=O. The Labute approximate surface area is 224 Å². The van der Waals surface area contributed by atoms with Crippen LogP contribution in [0.1, 0.15) is 44.2 Å². The van der Waals surface area contributed by atoms with Gasteiger partial charge in [0.15, 0.2) is 0 Å². The van der Waals surface area contributed by atoms with E-state index in [0.717, 1.165) is 23.2 Å². The lowest BCUT2D eigenvalue weighted by atomic mass is 9.74. The Morgan fingerprint density at radius 3 is 2.47 bits per heavy atom. The second-order valence-electron chi connectivity index (χ2n) is 11.3. The zero-order valence-corrected chi connectivity index (χ0v) is 22.9. The molecule has 0 aliphatic carbocycles. The van der Waals surface area contributed by atoms with Crippen molar-refractivity contribution in [2.45, 2.75) is 64.2 Å². The standard InChI is InChI=1S/C30H39N3O5/c1-5-14-31-15-8-12-29(4)23(26(31)35)24-27(36)33(16-6-7-18-34)25-28(37)32(17-9-13-30(24,25)38-29)22-19-20(2)10-11-21(22)3/h8-13,19,23-25,34H,5-7,14-18H2,1-4H3/t23-,24-,25?,29+,30-/m0/s1. The molecule has 1 unspecified atom stereocenters. The van der Waals surface area contributed by atoms with E-state index in [-0.39, 0.29) is 24.3 Å². The molecular weight excluding hydrogens is 482 g/mol. The van der Waals surface area contributed by atoms with Gasteiger partial charge < -0.3 is 24.5 Å². The maximum absolute atomic E-state index is 14.5. The summed E-state index contributed by atoms with van der Waals surface area (Å²) in [6, 6.07) is 5.12. The van der Waals surface area contributed by atoms with E-state index in [1.165, 1.54) is 0 Å². The van der Waals surface area contributed by atoms with E-state index in [0.29, 0.717) is 39.0 Å². The molecule has 38 heavy (non-hydrogen) atoms. The molecule has 1 N–H and O–H groups in total. The van der Waals surface area contributed by atoms with Crippen molar-refractivity contribution < 1.29 is 24.2 Å². The third-order valence-electron chi connectivity index (χ3n) is 8.60. The Bertz CT molecular complexity index is 1190. The molecule has 0 saturated carbocycles. The molecule has 4 aliphatic heterocycles. The van der Waals surface area contributed by atoms with Gasteiger partial charge in [-0.2, -0.15) is 0 Å². The van der Waals surface area contributed by atoms with Crippen LogP contribution in [-0.2, 0) is 19.1 Å². The topological polar surface area (TPSA) is 90.4 Å². The lowest BCUT2D eigenvalue weighted by molar-refractivity contribution is -0.148. The van der Waals surface area contributed by atoms with Crippen LogP contribution in [0.5, 0.6) is 0 Å². The Hall–Kier alpha value is -2.97. The van der Waals surface area contributed by atoms with E-state index in [1.807, 2.05) is 70.2 Å². The molecular formula is C30H39N3O5. The van der Waals surface area contributed by atoms with E-state index >= 15 is 0 Å². The maximum Gasteiger partial charge on any atom is 0.253 e. The first kappa shape index (κ1) is 26.6. The number of anilines is 1. The molecule has 4 heterocycles. The third kappa shape index (κ3) is 4.00. The highest BCUT2D eigenvalue weighted by atomic mass is 16.5. The van der Waals surface area contributed by atoms with Crippen LogP contribution in [0.25, 0.3) is 0 Å². The van der Waals surface area contributed by atoms with Crippen LogP contribution in [0.2, 0.25) is 0 Å². The minimum Gasteiger partial charge on any atom is -0.396 e. The number of ether oxygens (including phenoxy) is 1. The van der Waals surface area contributed by atoms with Crippen LogP contribution >= 0.6 is 0 Å². The van der Waals surface area contributed by atoms with Gasteiger partial charge in [0.25, 0.3) is 5.91 Å². The van der Waals surface area contributed by atoms with Crippen LogP contribution < -0.4 is 4.90 Å². The number of hydrogen-bond acceptors (Lipinski definition) is 5. The number of hydrogen-bond donors (Lipinski definition) is 1. The molecule has 8 heteroatoms. The summed E-state index contributed by atoms with van der Waals surface area (Å²) in [6.45, 7) is 9.63. The van der Waals surface area contributed by atoms with Gasteiger partial charge in [0.2, 0.25) is 11.8 Å². The third-order valence-corrected chi connectivity index (χ3v) is 8.60. The first-order valence-corrected chi connectivity index (χ1v) is 13.8. The fourth-order valence-corrected chi connectivity index (χ4v) is 6.90. The molecule has 5 atom stereocenters. The van der Waals surface area contributed by atoms with Crippen molar-refractivity contribution in [1.82, 2.24) is 9.80 Å². The first-order chi connectivity index (χ1) is 18.2. The zero-order chi connectivity index (χ0) is 27.2. The van der Waals surface area contributed by atoms with Crippen LogP contribution in [0.4, 0.5) is 5.69 Å². The van der Waals surface area contributed by atoms with Crippen molar-refractivity contribution in [2.75, 3.05) is 37.7 Å². The lowest BCUT2D eigenvalue weighted by Gasteiger charge is -2.37. The molecule has 1 aromatic rings. The number of rotatable bonds is 7. The average Bonchev–Trinajstić information content (AvgIpc) is 3.14. The average molecular weight is 522 g/mol. The molecule has 204 valence electrons. The number of carbonyl (C=O) groups excluding carboxylic acids is 3. The van der Waals surface area contributed by atoms with Crippen molar-refractivity contribution in [1.29, 1.82) is 0 Å². The number of benzene rings is 1. The van der Waals surface area contributed by atoms with Crippen molar-refractivity contribution in [3.63, 3.8) is 0 Å². The maximum atomic E-state index is 14.5. The molecule has 0 aromatic heterocycles. The molecule has 1 spiro atoms. The molecule has 2 saturated heterocycles. The van der Waals surface area contributed by atoms with Crippen LogP contribution in [0.15, 0.2) is 42.5 Å². The Kier molecular flexibility index (Phi) is 6.99. The summed E-state index contributed by atoms with van der Waals surface area (Å²) in [7, 11) is 0. The summed E-state index contributed by atoms with van der Waals surface area (Å²) in [5.74, 6) is -2.05. The van der Waals surface area contributed by atoms with Crippen LogP contribution in [-0.4, -0.2) is 82.7 Å². The van der Waals surface area contributed by atoms with Gasteiger partial charge in [-0.25, -0.2) is 0 Å². The van der Waals surface area contributed by atoms with Gasteiger partial charge >= 0.3 is 0 Å². The normalized spacial score (nSPS) is 32.4. The van der Waals surface area contributed by atoms with E-state index in [9.17, 15) is 19.5 Å². The summed E-state index contributed by atoms with van der Waals surface area (Å²) in [6.07, 6.45) is 9.57. The summed E-state index contributed by atoms with van der Waals surface area (Å²) in [5, 5.41) is 9.40. The lowest BCUT2D eigenvalue weighted by Crippen LogP contribution is -2.56. The van der Waals surface area contributed by atoms with Gasteiger partial charge in [-0.1, -0.05) is 43.4 Å². The number of nitrogens with zero attached hydrogens (tertiary/aromatic N) is 3. The van der Waals surface area contributed by atoms with E-state index in [1.54, 1.807) is 14.7 Å². The predicted molar refractivity (Wildman–Crippen MR) is 144 cm³/mol. The molecule has 3 amide bonds. The van der Waals surface area contributed by atoms with Gasteiger partial charge in [-0.05, 0) is 57.2 Å². The Morgan fingerprint density at radius 2 is 1.74 bits per heavy atom. The van der Waals surface area contributed by atoms with Crippen LogP contribution in [0.3, 0.4) is 0 Å². The highest BCUT2D eigenvalue weighted by Crippen LogP contribution is 2.57. The second kappa shape index (κ2) is 9.97. The fraction of sp³-hybridized carbons (Fsp3) is 0.567. The van der Waals surface area contributed by atoms with E-state index in [4.69, 9.17) is 4.74 Å². The number of aliphatic hydroxyl groups is 1. The van der Waals surface area contributed by atoms with Gasteiger partial charge in [0.1, 0.15) is 11.6 Å². The summed E-state index contributed by atoms with van der Waals surface area (Å²) in [4.78, 5) is 47.9. The Balaban J connectivity index is 1.63. The predicted octanol–water partition coefficient (Wildman–Crippen LogP) is 2.76.